The molecule has 5 nitrogen and oxygen atoms in total. The fourth-order valence-electron chi connectivity index (χ4n) is 1.70. The minimum Gasteiger partial charge on any atom is -0.348 e. The number of nitrogens with zero attached hydrogens (tertiary/aromatic N) is 1. The van der Waals surface area contributed by atoms with Gasteiger partial charge in [0.05, 0.1) is 6.54 Å². The van der Waals surface area contributed by atoms with E-state index in [1.165, 1.54) is 6.92 Å². The molecule has 0 atom stereocenters. The molecule has 3 N–H and O–H groups in total. The monoisotopic (exact) mass is 244 g/mol. The van der Waals surface area contributed by atoms with Crippen molar-refractivity contribution in [2.75, 3.05) is 5.32 Å². The molecule has 0 unspecified atom stereocenters. The highest BCUT2D eigenvalue weighted by Crippen LogP contribution is 2.14. The van der Waals surface area contributed by atoms with Gasteiger partial charge in [0.15, 0.2) is 0 Å². The minimum atomic E-state index is -0.0616. The number of anilines is 1. The van der Waals surface area contributed by atoms with Gasteiger partial charge >= 0.3 is 0 Å². The van der Waals surface area contributed by atoms with E-state index in [-0.39, 0.29) is 5.91 Å². The Morgan fingerprint density at radius 3 is 2.89 bits per heavy atom. The molecule has 0 spiro atoms. The van der Waals surface area contributed by atoms with Crippen LogP contribution >= 0.6 is 0 Å². The number of hydrogen-bond donors (Lipinski definition) is 3. The summed E-state index contributed by atoms with van der Waals surface area (Å²) in [5.74, 6) is 0.834. The van der Waals surface area contributed by atoms with Gasteiger partial charge in [0.1, 0.15) is 5.82 Å². The molecule has 0 radical (unpaired) electrons. The quantitative estimate of drug-likeness (QED) is 0.749. The van der Waals surface area contributed by atoms with Crippen molar-refractivity contribution >= 4 is 11.6 Å². The smallest absolute Gasteiger partial charge is 0.221 e. The van der Waals surface area contributed by atoms with Gasteiger partial charge in [-0.1, -0.05) is 18.2 Å². The number of rotatable bonds is 5. The third-order valence-electron chi connectivity index (χ3n) is 2.49. The Bertz CT molecular complexity index is 507. The summed E-state index contributed by atoms with van der Waals surface area (Å²) in [6.45, 7) is 2.85. The number of carbonyl (C=O) groups is 1. The lowest BCUT2D eigenvalue weighted by Gasteiger charge is -2.10. The fraction of sp³-hybridized carbons (Fsp3) is 0.231. The molecule has 2 rings (SSSR count). The Morgan fingerprint density at radius 2 is 2.17 bits per heavy atom. The molecule has 0 fully saturated rings. The summed E-state index contributed by atoms with van der Waals surface area (Å²) in [6, 6.07) is 7.74. The zero-order valence-electron chi connectivity index (χ0n) is 10.2. The van der Waals surface area contributed by atoms with Crippen LogP contribution in [-0.2, 0) is 17.9 Å². The second-order valence-electron chi connectivity index (χ2n) is 3.98. The third-order valence-corrected chi connectivity index (χ3v) is 2.49. The molecule has 1 amide bonds. The first kappa shape index (κ1) is 12.3. The van der Waals surface area contributed by atoms with Crippen LogP contribution in [-0.4, -0.2) is 15.9 Å². The highest BCUT2D eigenvalue weighted by atomic mass is 16.1. The average molecular weight is 244 g/mol. The lowest BCUT2D eigenvalue weighted by molar-refractivity contribution is -0.114. The van der Waals surface area contributed by atoms with Gasteiger partial charge in [-0.3, -0.25) is 4.79 Å². The zero-order valence-corrected chi connectivity index (χ0v) is 10.2. The lowest BCUT2D eigenvalue weighted by atomic mass is 10.1. The maximum atomic E-state index is 11.1. The van der Waals surface area contributed by atoms with E-state index in [0.29, 0.717) is 13.1 Å². The molecule has 2 aromatic rings. The Morgan fingerprint density at radius 1 is 1.33 bits per heavy atom. The average Bonchev–Trinajstić information content (AvgIpc) is 2.84. The van der Waals surface area contributed by atoms with Gasteiger partial charge in [0, 0.05) is 31.5 Å². The summed E-state index contributed by atoms with van der Waals surface area (Å²) in [5.41, 5.74) is 1.90. The molecular formula is C13H16N4O. The molecule has 1 aromatic heterocycles. The molecule has 0 aliphatic rings. The van der Waals surface area contributed by atoms with Crippen molar-refractivity contribution in [1.29, 1.82) is 0 Å². The number of hydrogen-bond acceptors (Lipinski definition) is 3. The predicted molar refractivity (Wildman–Crippen MR) is 69.9 cm³/mol. The molecule has 1 heterocycles. The Balaban J connectivity index is 1.94. The summed E-state index contributed by atoms with van der Waals surface area (Å²) in [6.07, 6.45) is 3.52. The summed E-state index contributed by atoms with van der Waals surface area (Å²) in [4.78, 5) is 18.2. The van der Waals surface area contributed by atoms with Gasteiger partial charge < -0.3 is 15.6 Å². The highest BCUT2D eigenvalue weighted by Gasteiger charge is 2.03. The second kappa shape index (κ2) is 5.97. The number of aromatic amines is 1. The molecular weight excluding hydrogens is 228 g/mol. The molecule has 0 aliphatic carbocycles. The van der Waals surface area contributed by atoms with Crippen LogP contribution in [0, 0.1) is 0 Å². The first-order chi connectivity index (χ1) is 8.75. The van der Waals surface area contributed by atoms with Gasteiger partial charge in [-0.2, -0.15) is 0 Å². The van der Waals surface area contributed by atoms with E-state index in [1.807, 2.05) is 24.3 Å². The van der Waals surface area contributed by atoms with Crippen molar-refractivity contribution in [1.82, 2.24) is 15.3 Å². The minimum absolute atomic E-state index is 0.0616. The van der Waals surface area contributed by atoms with Gasteiger partial charge in [-0.05, 0) is 11.6 Å². The number of nitrogens with one attached hydrogen (secondary N) is 3. The maximum Gasteiger partial charge on any atom is 0.221 e. The van der Waals surface area contributed by atoms with Gasteiger partial charge in [-0.25, -0.2) is 4.98 Å². The van der Waals surface area contributed by atoms with Crippen LogP contribution in [0.15, 0.2) is 36.7 Å². The van der Waals surface area contributed by atoms with Crippen LogP contribution in [0.4, 0.5) is 5.69 Å². The van der Waals surface area contributed by atoms with Crippen LogP contribution in [0.25, 0.3) is 0 Å². The molecule has 5 heteroatoms. The van der Waals surface area contributed by atoms with E-state index in [2.05, 4.69) is 20.6 Å². The number of benzene rings is 1. The van der Waals surface area contributed by atoms with Crippen LogP contribution in [0.2, 0.25) is 0 Å². The SMILES string of the molecule is CC(=O)Nc1ccccc1CNCc1ncc[nH]1. The third kappa shape index (κ3) is 3.43. The number of H-pyrrole nitrogens is 1. The Hall–Kier alpha value is -2.14. The van der Waals surface area contributed by atoms with E-state index in [0.717, 1.165) is 17.1 Å². The summed E-state index contributed by atoms with van der Waals surface area (Å²) in [5, 5.41) is 6.09. The molecule has 18 heavy (non-hydrogen) atoms. The number of amides is 1. The van der Waals surface area contributed by atoms with E-state index in [1.54, 1.807) is 12.4 Å². The normalized spacial score (nSPS) is 10.3. The lowest BCUT2D eigenvalue weighted by Crippen LogP contribution is -2.16. The Labute approximate surface area is 106 Å². The maximum absolute atomic E-state index is 11.1. The predicted octanol–water partition coefficient (Wildman–Crippen LogP) is 1.66. The van der Waals surface area contributed by atoms with E-state index < -0.39 is 0 Å². The van der Waals surface area contributed by atoms with Gasteiger partial charge in [-0.15, -0.1) is 0 Å². The van der Waals surface area contributed by atoms with Crippen LogP contribution in [0.3, 0.4) is 0 Å². The van der Waals surface area contributed by atoms with Crippen LogP contribution in [0.5, 0.6) is 0 Å². The fourth-order valence-corrected chi connectivity index (χ4v) is 1.70. The van der Waals surface area contributed by atoms with Gasteiger partial charge in [0.2, 0.25) is 5.91 Å². The van der Waals surface area contributed by atoms with Crippen molar-refractivity contribution in [3.8, 4) is 0 Å². The van der Waals surface area contributed by atoms with Crippen molar-refractivity contribution in [2.45, 2.75) is 20.0 Å². The zero-order chi connectivity index (χ0) is 12.8. The molecule has 0 aliphatic heterocycles. The number of aromatic nitrogens is 2. The topological polar surface area (TPSA) is 69.8 Å². The Kier molecular flexibility index (Phi) is 4.09. The molecule has 0 saturated carbocycles. The van der Waals surface area contributed by atoms with Crippen LogP contribution < -0.4 is 10.6 Å². The summed E-state index contributed by atoms with van der Waals surface area (Å²) in [7, 11) is 0. The van der Waals surface area contributed by atoms with Crippen molar-refractivity contribution in [3.05, 3.63) is 48.0 Å². The largest absolute Gasteiger partial charge is 0.348 e. The number of imidazole rings is 1. The standard InChI is InChI=1S/C13H16N4O/c1-10(18)17-12-5-3-2-4-11(12)8-14-9-13-15-6-7-16-13/h2-7,14H,8-9H2,1H3,(H,15,16)(H,17,18). The first-order valence-electron chi connectivity index (χ1n) is 5.80. The number of para-hydroxylation sites is 1. The summed E-state index contributed by atoms with van der Waals surface area (Å²) < 4.78 is 0. The van der Waals surface area contributed by atoms with Crippen molar-refractivity contribution in [2.24, 2.45) is 0 Å². The molecule has 1 aromatic carbocycles. The van der Waals surface area contributed by atoms with E-state index >= 15 is 0 Å². The van der Waals surface area contributed by atoms with Crippen molar-refractivity contribution < 1.29 is 4.79 Å². The molecule has 0 bridgehead atoms. The highest BCUT2D eigenvalue weighted by molar-refractivity contribution is 5.89. The molecule has 0 saturated heterocycles. The van der Waals surface area contributed by atoms with Gasteiger partial charge in [0.25, 0.3) is 0 Å². The summed E-state index contributed by atoms with van der Waals surface area (Å²) >= 11 is 0. The number of carbonyl (C=O) groups excluding carboxylic acids is 1. The van der Waals surface area contributed by atoms with E-state index in [9.17, 15) is 4.79 Å². The first-order valence-corrected chi connectivity index (χ1v) is 5.80. The van der Waals surface area contributed by atoms with Crippen molar-refractivity contribution in [3.63, 3.8) is 0 Å². The van der Waals surface area contributed by atoms with E-state index in [4.69, 9.17) is 0 Å². The molecule has 94 valence electrons. The second-order valence-corrected chi connectivity index (χ2v) is 3.98. The van der Waals surface area contributed by atoms with Crippen LogP contribution in [0.1, 0.15) is 18.3 Å².